The van der Waals surface area contributed by atoms with E-state index in [0.717, 1.165) is 5.56 Å². The van der Waals surface area contributed by atoms with Crippen LogP contribution < -0.4 is 4.74 Å². The molecule has 0 amide bonds. The zero-order valence-corrected chi connectivity index (χ0v) is 12.6. The summed E-state index contributed by atoms with van der Waals surface area (Å²) in [5.41, 5.74) is 1.98. The summed E-state index contributed by atoms with van der Waals surface area (Å²) in [5.74, 6) is -0.249. The van der Waals surface area contributed by atoms with Crippen molar-refractivity contribution in [3.8, 4) is 11.5 Å². The summed E-state index contributed by atoms with van der Waals surface area (Å²) in [5, 5.41) is 10.5. The molecule has 4 nitrogen and oxygen atoms in total. The summed E-state index contributed by atoms with van der Waals surface area (Å²) in [7, 11) is 0. The lowest BCUT2D eigenvalue weighted by atomic mass is 9.90. The average molecular weight is 298 g/mol. The Balaban J connectivity index is 1.96. The van der Waals surface area contributed by atoms with E-state index in [4.69, 9.17) is 9.47 Å². The zero-order chi connectivity index (χ0) is 15.7. The van der Waals surface area contributed by atoms with Crippen molar-refractivity contribution in [2.45, 2.75) is 25.9 Å². The molecule has 2 aromatic carbocycles. The number of esters is 1. The van der Waals surface area contributed by atoms with Gasteiger partial charge in [0, 0.05) is 18.9 Å². The van der Waals surface area contributed by atoms with Crippen LogP contribution in [-0.2, 0) is 21.6 Å². The number of aromatic hydroxyl groups is 1. The van der Waals surface area contributed by atoms with E-state index in [1.54, 1.807) is 6.92 Å². The van der Waals surface area contributed by atoms with Gasteiger partial charge in [-0.15, -0.1) is 0 Å². The Hall–Kier alpha value is -2.33. The fourth-order valence-corrected chi connectivity index (χ4v) is 2.68. The van der Waals surface area contributed by atoms with Crippen molar-refractivity contribution < 1.29 is 19.4 Å². The van der Waals surface area contributed by atoms with E-state index in [1.165, 1.54) is 6.92 Å². The number of rotatable bonds is 4. The molecule has 0 aromatic heterocycles. The molecule has 0 bridgehead atoms. The lowest BCUT2D eigenvalue weighted by Crippen LogP contribution is -2.14. The normalized spacial score (nSPS) is 19.7. The number of phenolic OH excluding ortho intramolecular Hbond substituents is 1. The van der Waals surface area contributed by atoms with Crippen molar-refractivity contribution in [2.24, 2.45) is 0 Å². The Bertz CT molecular complexity index is 703. The molecule has 1 aliphatic heterocycles. The summed E-state index contributed by atoms with van der Waals surface area (Å²) in [4.78, 5) is 11.2. The molecule has 1 atom stereocenters. The van der Waals surface area contributed by atoms with Crippen LogP contribution in [0.15, 0.2) is 42.5 Å². The smallest absolute Gasteiger partial charge is 0.308 e. The van der Waals surface area contributed by atoms with Gasteiger partial charge in [-0.05, 0) is 18.1 Å². The largest absolute Gasteiger partial charge is 0.504 e. The van der Waals surface area contributed by atoms with Crippen LogP contribution >= 0.6 is 0 Å². The van der Waals surface area contributed by atoms with E-state index in [1.807, 2.05) is 42.5 Å². The monoisotopic (exact) mass is 298 g/mol. The molecule has 2 aromatic rings. The molecule has 1 unspecified atom stereocenters. The van der Waals surface area contributed by atoms with E-state index >= 15 is 0 Å². The number of benzene rings is 2. The van der Waals surface area contributed by atoms with Crippen LogP contribution in [0, 0.1) is 6.92 Å². The minimum Gasteiger partial charge on any atom is -0.504 e. The highest BCUT2D eigenvalue weighted by atomic mass is 16.6. The Morgan fingerprint density at radius 1 is 1.27 bits per heavy atom. The van der Waals surface area contributed by atoms with Gasteiger partial charge in [0.2, 0.25) is 0 Å². The third kappa shape index (κ3) is 2.70. The second-order valence-electron chi connectivity index (χ2n) is 5.65. The summed E-state index contributed by atoms with van der Waals surface area (Å²) >= 11 is 0. The molecular weight excluding hydrogens is 280 g/mol. The van der Waals surface area contributed by atoms with Crippen molar-refractivity contribution in [3.63, 3.8) is 0 Å². The van der Waals surface area contributed by atoms with Gasteiger partial charge in [0.05, 0.1) is 6.61 Å². The number of ether oxygens (including phenoxy) is 2. The topological polar surface area (TPSA) is 59.1 Å². The van der Waals surface area contributed by atoms with E-state index < -0.39 is 11.6 Å². The molecule has 1 saturated heterocycles. The van der Waals surface area contributed by atoms with Gasteiger partial charge in [0.25, 0.3) is 0 Å². The molecule has 1 aliphatic rings. The lowest BCUT2D eigenvalue weighted by molar-refractivity contribution is -0.132. The fourth-order valence-electron chi connectivity index (χ4n) is 2.68. The van der Waals surface area contributed by atoms with Gasteiger partial charge in [-0.1, -0.05) is 42.5 Å². The van der Waals surface area contributed by atoms with Gasteiger partial charge in [0.15, 0.2) is 11.5 Å². The van der Waals surface area contributed by atoms with Crippen LogP contribution in [0.2, 0.25) is 0 Å². The molecule has 0 aliphatic carbocycles. The number of hydrogen-bond donors (Lipinski definition) is 1. The predicted molar refractivity (Wildman–Crippen MR) is 81.9 cm³/mol. The van der Waals surface area contributed by atoms with Gasteiger partial charge in [-0.2, -0.15) is 0 Å². The Morgan fingerprint density at radius 3 is 2.55 bits per heavy atom. The maximum Gasteiger partial charge on any atom is 0.308 e. The number of epoxide rings is 1. The number of phenols is 1. The van der Waals surface area contributed by atoms with Crippen molar-refractivity contribution in [1.82, 2.24) is 0 Å². The van der Waals surface area contributed by atoms with Crippen LogP contribution in [0.5, 0.6) is 11.5 Å². The van der Waals surface area contributed by atoms with Crippen LogP contribution in [0.4, 0.5) is 0 Å². The molecule has 1 N–H and O–H groups in total. The maximum atomic E-state index is 11.2. The Morgan fingerprint density at radius 2 is 1.95 bits per heavy atom. The van der Waals surface area contributed by atoms with Crippen molar-refractivity contribution >= 4 is 5.97 Å². The molecule has 3 rings (SSSR count). The van der Waals surface area contributed by atoms with Crippen LogP contribution in [-0.4, -0.2) is 17.7 Å². The first-order chi connectivity index (χ1) is 10.5. The van der Waals surface area contributed by atoms with Crippen LogP contribution in [0.1, 0.15) is 23.6 Å². The number of hydrogen-bond acceptors (Lipinski definition) is 4. The van der Waals surface area contributed by atoms with E-state index in [9.17, 15) is 9.90 Å². The van der Waals surface area contributed by atoms with Crippen molar-refractivity contribution in [3.05, 3.63) is 59.2 Å². The number of carbonyl (C=O) groups excluding carboxylic acids is 1. The SMILES string of the molecule is CC(=O)Oc1c(C)ccc(C2(Cc3ccccc3)CO2)c1O. The zero-order valence-electron chi connectivity index (χ0n) is 12.6. The summed E-state index contributed by atoms with van der Waals surface area (Å²) in [6, 6.07) is 13.7. The van der Waals surface area contributed by atoms with Crippen LogP contribution in [0.3, 0.4) is 0 Å². The standard InChI is InChI=1S/C18H18O4/c1-12-8-9-15(16(20)17(12)22-13(2)19)18(11-21-18)10-14-6-4-3-5-7-14/h3-9,20H,10-11H2,1-2H3. The maximum absolute atomic E-state index is 11.2. The highest BCUT2D eigenvalue weighted by molar-refractivity contribution is 5.72. The molecule has 114 valence electrons. The molecule has 1 heterocycles. The summed E-state index contributed by atoms with van der Waals surface area (Å²) in [6.45, 7) is 3.65. The third-order valence-electron chi connectivity index (χ3n) is 3.89. The highest BCUT2D eigenvalue weighted by Crippen LogP contribution is 2.49. The first kappa shape index (κ1) is 14.6. The third-order valence-corrected chi connectivity index (χ3v) is 3.89. The lowest BCUT2D eigenvalue weighted by Gasteiger charge is -2.17. The molecule has 22 heavy (non-hydrogen) atoms. The van der Waals surface area contributed by atoms with Crippen molar-refractivity contribution in [1.29, 1.82) is 0 Å². The fraction of sp³-hybridized carbons (Fsp3) is 0.278. The summed E-state index contributed by atoms with van der Waals surface area (Å²) < 4.78 is 10.8. The molecule has 0 saturated carbocycles. The first-order valence-electron chi connectivity index (χ1n) is 7.21. The molecule has 0 radical (unpaired) electrons. The van der Waals surface area contributed by atoms with E-state index in [2.05, 4.69) is 0 Å². The van der Waals surface area contributed by atoms with E-state index in [-0.39, 0.29) is 11.5 Å². The predicted octanol–water partition coefficient (Wildman–Crippen LogP) is 3.09. The second-order valence-corrected chi connectivity index (χ2v) is 5.65. The molecule has 4 heteroatoms. The average Bonchev–Trinajstić information content (AvgIpc) is 3.24. The minimum atomic E-state index is -0.534. The first-order valence-corrected chi connectivity index (χ1v) is 7.21. The molecule has 1 fully saturated rings. The minimum absolute atomic E-state index is 0.0105. The molecular formula is C18H18O4. The number of carbonyl (C=O) groups is 1. The summed E-state index contributed by atoms with van der Waals surface area (Å²) in [6.07, 6.45) is 0.671. The molecule has 0 spiro atoms. The Kier molecular flexibility index (Phi) is 3.62. The van der Waals surface area contributed by atoms with Gasteiger partial charge in [-0.3, -0.25) is 4.79 Å². The van der Waals surface area contributed by atoms with Gasteiger partial charge < -0.3 is 14.6 Å². The van der Waals surface area contributed by atoms with E-state index in [0.29, 0.717) is 24.2 Å². The Labute approximate surface area is 129 Å². The van der Waals surface area contributed by atoms with Crippen LogP contribution in [0.25, 0.3) is 0 Å². The van der Waals surface area contributed by atoms with Crippen molar-refractivity contribution in [2.75, 3.05) is 6.61 Å². The van der Waals surface area contributed by atoms with Gasteiger partial charge in [-0.25, -0.2) is 0 Å². The number of aryl methyl sites for hydroxylation is 1. The van der Waals surface area contributed by atoms with Gasteiger partial charge in [0.1, 0.15) is 5.60 Å². The second kappa shape index (κ2) is 5.46. The highest BCUT2D eigenvalue weighted by Gasteiger charge is 2.48. The van der Waals surface area contributed by atoms with Gasteiger partial charge >= 0.3 is 5.97 Å². The quantitative estimate of drug-likeness (QED) is 0.535.